The molecule has 11 N–H and O–H groups in total. The fraction of sp³-hybridized carbons (Fsp3) is 0.412. The maximum Gasteiger partial charge on any atom is 0.326 e. The number of nitrogens with zero attached hydrogens (tertiary/aromatic N) is 8. The van der Waals surface area contributed by atoms with Crippen LogP contribution in [-0.4, -0.2) is 203 Å². The van der Waals surface area contributed by atoms with Crippen LogP contribution in [0.25, 0.3) is 21.5 Å². The molecule has 31 heteroatoms. The van der Waals surface area contributed by atoms with E-state index in [9.17, 15) is 43.8 Å². The van der Waals surface area contributed by atoms with Gasteiger partial charge >= 0.3 is 11.9 Å². The second-order valence-electron chi connectivity index (χ2n) is 30.9. The first-order valence-electron chi connectivity index (χ1n) is 36.9. The Labute approximate surface area is 641 Å². The Morgan fingerprint density at radius 1 is 0.532 bits per heavy atom. The van der Waals surface area contributed by atoms with Gasteiger partial charge in [0.15, 0.2) is 5.69 Å². The second-order valence-corrected chi connectivity index (χ2v) is 30.9. The molecule has 584 valence electrons. The molecule has 6 aromatic carbocycles. The first-order valence-corrected chi connectivity index (χ1v) is 36.9. The lowest BCUT2D eigenvalue weighted by Crippen LogP contribution is -2.60. The van der Waals surface area contributed by atoms with Crippen molar-refractivity contribution in [3.8, 4) is 5.75 Å². The number of likely N-dealkylation sites (tertiary alicyclic amines) is 2. The molecule has 0 unspecified atom stereocenters. The van der Waals surface area contributed by atoms with Crippen molar-refractivity contribution < 1.29 is 67.7 Å². The molecule has 111 heavy (non-hydrogen) atoms. The molecule has 8 heterocycles. The molecule has 9 amide bonds. The van der Waals surface area contributed by atoms with Crippen LogP contribution in [0.2, 0.25) is 0 Å². The van der Waals surface area contributed by atoms with Gasteiger partial charge in [-0.1, -0.05) is 161 Å². The highest BCUT2D eigenvalue weighted by Gasteiger charge is 2.49. The molecule has 12 bridgehead atoms. The van der Waals surface area contributed by atoms with E-state index in [1.165, 1.54) is 37.5 Å². The molecule has 6 aliphatic heterocycles. The SMILES string of the molecule is CN[C@@H](C)C(=O)N[C@H](C(=O)N1C[C@@H]2C[C@H]1C(=O)N[C@@H](Cc1ccc3ccccc3c1)C(=O)N[C@H](C(=O)O)Cc1ccc(cc1)NC(=O)c1cn(nn1)[C@H]1C[C@@H](C(=O)N[C@@H](Cc3ccc4ccccc4c3)C(=O)N[C@H](C(=O)O)Cc3ccc(cc3)OCc3cn2nn3)N(C(=O)[C@@H](NC(=O)[C@H](C)NC)C(C)(C)C)C1)C(C)(C)C. The van der Waals surface area contributed by atoms with E-state index >= 15 is 19.2 Å². The fourth-order valence-corrected chi connectivity index (χ4v) is 13.9. The summed E-state index contributed by atoms with van der Waals surface area (Å²) in [5, 5.41) is 67.7. The number of carbonyl (C=O) groups excluding carboxylic acids is 9. The van der Waals surface area contributed by atoms with Crippen molar-refractivity contribution in [2.24, 2.45) is 10.8 Å². The van der Waals surface area contributed by atoms with E-state index in [2.05, 4.69) is 68.5 Å². The maximum absolute atomic E-state index is 15.3. The summed E-state index contributed by atoms with van der Waals surface area (Å²) in [7, 11) is 3.19. The highest BCUT2D eigenvalue weighted by atomic mass is 16.5. The molecule has 2 aromatic heterocycles. The number of likely N-dealkylation sites (N-methyl/N-ethyl adjacent to an activating group) is 2. The number of benzene rings is 6. The van der Waals surface area contributed by atoms with Crippen molar-refractivity contribution in [1.29, 1.82) is 0 Å². The minimum Gasteiger partial charge on any atom is -0.487 e. The van der Waals surface area contributed by atoms with E-state index in [4.69, 9.17) is 4.74 Å². The Hall–Kier alpha value is -12.0. The van der Waals surface area contributed by atoms with Gasteiger partial charge in [0, 0.05) is 57.3 Å². The van der Waals surface area contributed by atoms with Gasteiger partial charge in [0.05, 0.1) is 36.6 Å². The second kappa shape index (κ2) is 34.3. The van der Waals surface area contributed by atoms with E-state index in [1.807, 2.05) is 72.8 Å². The molecule has 2 saturated heterocycles. The van der Waals surface area contributed by atoms with Crippen molar-refractivity contribution in [1.82, 2.24) is 82.3 Å². The molecule has 0 spiro atoms. The number of carbonyl (C=O) groups is 11. The Morgan fingerprint density at radius 2 is 0.955 bits per heavy atom. The monoisotopic (exact) mass is 1520 g/mol. The van der Waals surface area contributed by atoms with Crippen LogP contribution in [0, 0.1) is 10.8 Å². The topological polar surface area (TPSA) is 414 Å². The number of hydrogen-bond donors (Lipinski definition) is 11. The fourth-order valence-electron chi connectivity index (χ4n) is 13.9. The van der Waals surface area contributed by atoms with Gasteiger partial charge in [0.2, 0.25) is 47.3 Å². The van der Waals surface area contributed by atoms with Crippen molar-refractivity contribution in [3.63, 3.8) is 0 Å². The third-order valence-electron chi connectivity index (χ3n) is 20.6. The van der Waals surface area contributed by atoms with E-state index in [0.29, 0.717) is 33.7 Å². The molecule has 0 aliphatic carbocycles. The van der Waals surface area contributed by atoms with Crippen LogP contribution < -0.4 is 52.6 Å². The zero-order valence-electron chi connectivity index (χ0n) is 63.5. The minimum absolute atomic E-state index is 0.0586. The van der Waals surface area contributed by atoms with Gasteiger partial charge in [-0.25, -0.2) is 19.0 Å². The number of aliphatic carboxylic acids is 2. The highest BCUT2D eigenvalue weighted by molar-refractivity contribution is 6.03. The van der Waals surface area contributed by atoms with Gasteiger partial charge in [-0.2, -0.15) is 0 Å². The lowest BCUT2D eigenvalue weighted by Gasteiger charge is -2.36. The van der Waals surface area contributed by atoms with Crippen molar-refractivity contribution in [2.75, 3.05) is 32.5 Å². The maximum atomic E-state index is 15.3. The Balaban J connectivity index is 0.930. The molecule has 6 aliphatic rings. The van der Waals surface area contributed by atoms with E-state index in [1.54, 1.807) is 124 Å². The van der Waals surface area contributed by atoms with Crippen molar-refractivity contribution in [3.05, 3.63) is 179 Å². The quantitative estimate of drug-likeness (QED) is 0.0734. The van der Waals surface area contributed by atoms with Gasteiger partial charge in [-0.05, 0) is 107 Å². The van der Waals surface area contributed by atoms with Gasteiger partial charge in [-0.3, -0.25) is 43.2 Å². The zero-order valence-corrected chi connectivity index (χ0v) is 63.5. The highest BCUT2D eigenvalue weighted by Crippen LogP contribution is 2.34. The zero-order chi connectivity index (χ0) is 79.8. The normalized spacial score (nSPS) is 21.6. The van der Waals surface area contributed by atoms with E-state index in [-0.39, 0.29) is 69.6 Å². The van der Waals surface area contributed by atoms with Gasteiger partial charge in [0.1, 0.15) is 66.4 Å². The number of nitrogens with one attached hydrogen (secondary N) is 9. The summed E-state index contributed by atoms with van der Waals surface area (Å²) < 4.78 is 9.01. The number of amides is 9. The lowest BCUT2D eigenvalue weighted by molar-refractivity contribution is -0.145. The number of rotatable bonds is 14. The van der Waals surface area contributed by atoms with Crippen LogP contribution in [0.5, 0.6) is 5.75 Å². The third kappa shape index (κ3) is 19.5. The molecule has 2 fully saturated rings. The van der Waals surface area contributed by atoms with Crippen LogP contribution in [0.4, 0.5) is 5.69 Å². The van der Waals surface area contributed by atoms with Crippen LogP contribution in [0.3, 0.4) is 0 Å². The molecular weight excluding hydrogens is 1420 g/mol. The third-order valence-corrected chi connectivity index (χ3v) is 20.6. The number of aromatic nitrogens is 6. The van der Waals surface area contributed by atoms with Crippen LogP contribution in [0.15, 0.2) is 146 Å². The average molecular weight is 1520 g/mol. The minimum atomic E-state index is -1.57. The first-order chi connectivity index (χ1) is 52.8. The van der Waals surface area contributed by atoms with Crippen molar-refractivity contribution >= 4 is 92.3 Å². The predicted molar refractivity (Wildman–Crippen MR) is 409 cm³/mol. The Kier molecular flexibility index (Phi) is 24.7. The molecule has 0 saturated carbocycles. The smallest absolute Gasteiger partial charge is 0.326 e. The summed E-state index contributed by atoms with van der Waals surface area (Å²) in [4.78, 5) is 161. The molecule has 14 rings (SSSR count). The molecule has 0 radical (unpaired) electrons. The number of hydrogen-bond acceptors (Lipinski definition) is 18. The van der Waals surface area contributed by atoms with Crippen LogP contribution >= 0.6 is 0 Å². The summed E-state index contributed by atoms with van der Waals surface area (Å²) in [6.45, 7) is 13.4. The summed E-state index contributed by atoms with van der Waals surface area (Å²) in [6.07, 6.45) is 1.99. The Morgan fingerprint density at radius 3 is 1.39 bits per heavy atom. The lowest BCUT2D eigenvalue weighted by atomic mass is 9.85. The summed E-state index contributed by atoms with van der Waals surface area (Å²) in [6, 6.07) is 24.7. The predicted octanol–water partition coefficient (Wildman–Crippen LogP) is 3.96. The number of carboxylic acids is 2. The van der Waals surface area contributed by atoms with E-state index < -0.39 is 148 Å². The molecular formula is C80H95N17O14. The summed E-state index contributed by atoms with van der Waals surface area (Å²) >= 11 is 0. The number of fused-ring (bicyclic) bond motifs is 2. The molecule has 31 nitrogen and oxygen atoms in total. The average Bonchev–Trinajstić information content (AvgIpc) is 1.66. The summed E-state index contributed by atoms with van der Waals surface area (Å²) in [5.74, 6) is -8.63. The van der Waals surface area contributed by atoms with Crippen LogP contribution in [-0.2, 0) is 80.2 Å². The Bertz CT molecular complexity index is 4800. The van der Waals surface area contributed by atoms with Gasteiger partial charge in [0.25, 0.3) is 5.91 Å². The molecule has 8 aromatic rings. The van der Waals surface area contributed by atoms with E-state index in [0.717, 1.165) is 21.5 Å². The first kappa shape index (κ1) is 80.0. The standard InChI is InChI=1S/C80H95N17O14/c1-44(81-9)68(98)88-66(79(3,4)5)75(105)94-40-56-37-64(94)73(103)84-59(35-48-19-25-50-15-11-13-17-52(50)31-48)70(100)86-61(77(107)108)33-46-21-27-54(28-22-46)83-72(102)63-42-97(93-91-63)57-38-65(95(41-57)76(106)67(80(6,7)8)89-69(99)45(2)82-10)74(104)85-60(36-49-20-26-51-16-12-14-18-53(51)32-49)71(101)87-62(78(109)110)34-47-23-29-58(30-24-47)111-43-55-39-96(56)92-90-55/h11-32,39,42,44-45,56-57,59-62,64-67,81-82H,33-38,40-41,43H2,1-10H3,(H,83,102)(H,84,103)(H,85,104)(H,86,100)(H,87,101)(H,88,98)(H,89,99)(H,107,108)(H,109,110)/t44-,45-,56-,57-,59-,60-,61-,62-,64-,65-,66+,67+/m0/s1. The van der Waals surface area contributed by atoms with Crippen LogP contribution in [0.1, 0.15) is 119 Å². The molecule has 12 atom stereocenters. The van der Waals surface area contributed by atoms with Gasteiger partial charge in [-0.15, -0.1) is 10.2 Å². The van der Waals surface area contributed by atoms with Gasteiger partial charge < -0.3 is 72.6 Å². The number of anilines is 1. The number of ether oxygens (including phenoxy) is 1. The number of carboxylic acid groups (broad SMARTS) is 2. The van der Waals surface area contributed by atoms with Crippen molar-refractivity contribution in [2.45, 2.75) is 173 Å². The largest absolute Gasteiger partial charge is 0.487 e. The summed E-state index contributed by atoms with van der Waals surface area (Å²) in [5.41, 5.74) is 0.686.